The molecule has 0 bridgehead atoms. The van der Waals surface area contributed by atoms with E-state index in [0.29, 0.717) is 44.7 Å². The van der Waals surface area contributed by atoms with E-state index < -0.39 is 5.54 Å². The van der Waals surface area contributed by atoms with Crippen LogP contribution in [0.2, 0.25) is 0 Å². The van der Waals surface area contributed by atoms with Crippen molar-refractivity contribution in [3.05, 3.63) is 36.3 Å². The molecule has 154 valence electrons. The largest absolute Gasteiger partial charge is 0.337 e. The van der Waals surface area contributed by atoms with E-state index in [4.69, 9.17) is 0 Å². The predicted octanol–water partition coefficient (Wildman–Crippen LogP) is 2.25. The maximum Gasteiger partial charge on any atom is 0.327 e. The van der Waals surface area contributed by atoms with Crippen LogP contribution in [0.5, 0.6) is 0 Å². The van der Waals surface area contributed by atoms with Crippen LogP contribution in [0.15, 0.2) is 30.6 Å². The van der Waals surface area contributed by atoms with Gasteiger partial charge < -0.3 is 14.2 Å². The Hall–Kier alpha value is -2.90. The topological polar surface area (TPSA) is 78.2 Å². The highest BCUT2D eigenvalue weighted by Gasteiger charge is 2.57. The molecule has 2 fully saturated rings. The van der Waals surface area contributed by atoms with Crippen molar-refractivity contribution < 1.29 is 14.4 Å². The molecule has 0 N–H and O–H groups in total. The molecule has 2 aliphatic rings. The van der Waals surface area contributed by atoms with Crippen LogP contribution in [0.4, 0.5) is 4.79 Å². The normalized spacial score (nSPS) is 19.2. The van der Waals surface area contributed by atoms with E-state index in [2.05, 4.69) is 4.98 Å². The van der Waals surface area contributed by atoms with Crippen molar-refractivity contribution in [3.8, 4) is 0 Å². The molecule has 0 radical (unpaired) electrons. The highest BCUT2D eigenvalue weighted by molar-refractivity contribution is 6.07. The SMILES string of the molecule is CCN1C(=O)N(CC(C)C)C2(CCN(C(=O)c3cn4ccccc4n3)CC2)C1=O. The minimum absolute atomic E-state index is 0.120. The third kappa shape index (κ3) is 3.07. The molecule has 8 heteroatoms. The Bertz CT molecular complexity index is 925. The highest BCUT2D eigenvalue weighted by atomic mass is 16.2. The van der Waals surface area contributed by atoms with E-state index in [-0.39, 0.29) is 23.8 Å². The highest BCUT2D eigenvalue weighted by Crippen LogP contribution is 2.38. The second kappa shape index (κ2) is 7.17. The number of rotatable bonds is 4. The summed E-state index contributed by atoms with van der Waals surface area (Å²) in [5.74, 6) is 0.00613. The van der Waals surface area contributed by atoms with Crippen molar-refractivity contribution in [2.45, 2.75) is 39.2 Å². The second-order valence-corrected chi connectivity index (χ2v) is 8.25. The minimum Gasteiger partial charge on any atom is -0.337 e. The number of amides is 4. The number of imide groups is 1. The lowest BCUT2D eigenvalue weighted by Crippen LogP contribution is -2.58. The lowest BCUT2D eigenvalue weighted by molar-refractivity contribution is -0.135. The van der Waals surface area contributed by atoms with E-state index >= 15 is 0 Å². The van der Waals surface area contributed by atoms with Crippen LogP contribution in [-0.4, -0.2) is 73.6 Å². The maximum atomic E-state index is 13.1. The zero-order valence-corrected chi connectivity index (χ0v) is 17.2. The molecule has 4 heterocycles. The number of hydrogen-bond acceptors (Lipinski definition) is 4. The molecule has 0 aromatic carbocycles. The summed E-state index contributed by atoms with van der Waals surface area (Å²) < 4.78 is 1.82. The molecule has 2 aliphatic heterocycles. The van der Waals surface area contributed by atoms with Gasteiger partial charge in [0.25, 0.3) is 11.8 Å². The first-order chi connectivity index (χ1) is 13.9. The van der Waals surface area contributed by atoms with Crippen LogP contribution >= 0.6 is 0 Å². The van der Waals surface area contributed by atoms with E-state index in [1.807, 2.05) is 49.6 Å². The molecular formula is C21H27N5O3. The Kier molecular flexibility index (Phi) is 4.80. The number of pyridine rings is 1. The molecule has 2 aromatic rings. The van der Waals surface area contributed by atoms with Crippen molar-refractivity contribution in [2.75, 3.05) is 26.2 Å². The number of fused-ring (bicyclic) bond motifs is 1. The van der Waals surface area contributed by atoms with E-state index in [1.54, 1.807) is 16.0 Å². The van der Waals surface area contributed by atoms with Gasteiger partial charge in [-0.15, -0.1) is 0 Å². The van der Waals surface area contributed by atoms with E-state index in [9.17, 15) is 14.4 Å². The minimum atomic E-state index is -0.826. The average Bonchev–Trinajstić information content (AvgIpc) is 3.22. The van der Waals surface area contributed by atoms with Gasteiger partial charge in [0.1, 0.15) is 16.9 Å². The molecule has 0 atom stereocenters. The lowest BCUT2D eigenvalue weighted by Gasteiger charge is -2.42. The van der Waals surface area contributed by atoms with Crippen LogP contribution in [0.1, 0.15) is 44.1 Å². The van der Waals surface area contributed by atoms with Gasteiger partial charge in [-0.25, -0.2) is 9.78 Å². The lowest BCUT2D eigenvalue weighted by atomic mass is 9.85. The van der Waals surface area contributed by atoms with Crippen molar-refractivity contribution >= 4 is 23.5 Å². The van der Waals surface area contributed by atoms with Crippen LogP contribution < -0.4 is 0 Å². The van der Waals surface area contributed by atoms with Gasteiger partial charge in [0.05, 0.1) is 0 Å². The number of likely N-dealkylation sites (N-methyl/N-ethyl adjacent to an activating group) is 1. The van der Waals surface area contributed by atoms with Gasteiger partial charge in [0.15, 0.2) is 0 Å². The fourth-order valence-electron chi connectivity index (χ4n) is 4.44. The van der Waals surface area contributed by atoms with Gasteiger partial charge in [-0.1, -0.05) is 19.9 Å². The molecule has 1 spiro atoms. The van der Waals surface area contributed by atoms with Crippen LogP contribution in [0, 0.1) is 5.92 Å². The third-order valence-corrected chi connectivity index (χ3v) is 5.95. The Morgan fingerprint density at radius 1 is 1.21 bits per heavy atom. The zero-order valence-electron chi connectivity index (χ0n) is 17.2. The number of aromatic nitrogens is 2. The zero-order chi connectivity index (χ0) is 20.8. The standard InChI is InChI=1S/C21H27N5O3/c1-4-25-19(28)21(26(20(25)29)13-15(2)3)8-11-23(12-9-21)18(27)16-14-24-10-6-5-7-17(24)22-16/h5-7,10,14-15H,4,8-9,11-13H2,1-3H3. The van der Waals surface area contributed by atoms with Crippen molar-refractivity contribution in [3.63, 3.8) is 0 Å². The molecule has 29 heavy (non-hydrogen) atoms. The van der Waals surface area contributed by atoms with Gasteiger partial charge in [0.2, 0.25) is 0 Å². The average molecular weight is 397 g/mol. The Morgan fingerprint density at radius 2 is 1.93 bits per heavy atom. The molecular weight excluding hydrogens is 370 g/mol. The maximum absolute atomic E-state index is 13.1. The molecule has 0 unspecified atom stereocenters. The summed E-state index contributed by atoms with van der Waals surface area (Å²) in [7, 11) is 0. The summed E-state index contributed by atoms with van der Waals surface area (Å²) >= 11 is 0. The van der Waals surface area contributed by atoms with Gasteiger partial charge in [-0.2, -0.15) is 0 Å². The number of carbonyl (C=O) groups is 3. The number of urea groups is 1. The molecule has 4 rings (SSSR count). The number of nitrogens with zero attached hydrogens (tertiary/aromatic N) is 5. The number of carbonyl (C=O) groups excluding carboxylic acids is 3. The molecule has 2 saturated heterocycles. The Labute approximate surface area is 170 Å². The Morgan fingerprint density at radius 3 is 2.55 bits per heavy atom. The summed E-state index contributed by atoms with van der Waals surface area (Å²) in [5, 5.41) is 0. The molecule has 0 saturated carbocycles. The van der Waals surface area contributed by atoms with E-state index in [1.165, 1.54) is 4.90 Å². The third-order valence-electron chi connectivity index (χ3n) is 5.95. The van der Waals surface area contributed by atoms with Crippen molar-refractivity contribution in [1.29, 1.82) is 0 Å². The van der Waals surface area contributed by atoms with Crippen molar-refractivity contribution in [1.82, 2.24) is 24.1 Å². The molecule has 2 aromatic heterocycles. The fourth-order valence-corrected chi connectivity index (χ4v) is 4.44. The Balaban J connectivity index is 1.54. The number of imidazole rings is 1. The summed E-state index contributed by atoms with van der Waals surface area (Å²) in [6.07, 6.45) is 4.51. The summed E-state index contributed by atoms with van der Waals surface area (Å²) in [6.45, 7) is 7.68. The smallest absolute Gasteiger partial charge is 0.327 e. The number of hydrogen-bond donors (Lipinski definition) is 0. The summed E-state index contributed by atoms with van der Waals surface area (Å²) in [4.78, 5) is 48.2. The summed E-state index contributed by atoms with van der Waals surface area (Å²) in [5.41, 5.74) is 0.297. The first-order valence-corrected chi connectivity index (χ1v) is 10.2. The first-order valence-electron chi connectivity index (χ1n) is 10.2. The van der Waals surface area contributed by atoms with Crippen molar-refractivity contribution in [2.24, 2.45) is 5.92 Å². The van der Waals surface area contributed by atoms with Crippen LogP contribution in [0.3, 0.4) is 0 Å². The number of likely N-dealkylation sites (tertiary alicyclic amines) is 1. The fraction of sp³-hybridized carbons (Fsp3) is 0.524. The molecule has 0 aliphatic carbocycles. The van der Waals surface area contributed by atoms with Crippen LogP contribution in [0.25, 0.3) is 5.65 Å². The molecule has 8 nitrogen and oxygen atoms in total. The number of piperidine rings is 1. The van der Waals surface area contributed by atoms with Gasteiger partial charge >= 0.3 is 6.03 Å². The monoisotopic (exact) mass is 397 g/mol. The molecule has 4 amide bonds. The van der Waals surface area contributed by atoms with E-state index in [0.717, 1.165) is 5.65 Å². The van der Waals surface area contributed by atoms with Crippen LogP contribution in [-0.2, 0) is 4.79 Å². The van der Waals surface area contributed by atoms with Gasteiger partial charge in [-0.3, -0.25) is 14.5 Å². The quantitative estimate of drug-likeness (QED) is 0.742. The van der Waals surface area contributed by atoms with Gasteiger partial charge in [0, 0.05) is 38.6 Å². The predicted molar refractivity (Wildman–Crippen MR) is 107 cm³/mol. The first kappa shape index (κ1) is 19.4. The van der Waals surface area contributed by atoms with Gasteiger partial charge in [-0.05, 0) is 37.8 Å². The summed E-state index contributed by atoms with van der Waals surface area (Å²) in [6, 6.07) is 5.42. The second-order valence-electron chi connectivity index (χ2n) is 8.25.